The number of carbonyl (C=O) groups is 2. The minimum Gasteiger partial charge on any atom is -0.302 e. The van der Waals surface area contributed by atoms with Gasteiger partial charge in [0.2, 0.25) is 5.91 Å². The maximum atomic E-state index is 12.5. The minimum atomic E-state index is -0.0216. The fourth-order valence-corrected chi connectivity index (χ4v) is 4.11. The minimum absolute atomic E-state index is 0.0216. The molecule has 1 saturated heterocycles. The van der Waals surface area contributed by atoms with Crippen molar-refractivity contribution in [2.75, 3.05) is 25.0 Å². The number of thiazole rings is 1. The molecule has 7 heteroatoms. The van der Waals surface area contributed by atoms with Crippen LogP contribution in [0.5, 0.6) is 0 Å². The number of ketones is 1. The van der Waals surface area contributed by atoms with Crippen LogP contribution in [-0.2, 0) is 4.79 Å². The van der Waals surface area contributed by atoms with E-state index in [1.54, 1.807) is 6.20 Å². The fraction of sp³-hybridized carbons (Fsp3) is 0.438. The number of anilines is 1. The van der Waals surface area contributed by atoms with E-state index in [9.17, 15) is 9.59 Å². The zero-order valence-electron chi connectivity index (χ0n) is 12.7. The predicted octanol–water partition coefficient (Wildman–Crippen LogP) is 3.13. The second-order valence-electron chi connectivity index (χ2n) is 5.62. The van der Waals surface area contributed by atoms with Gasteiger partial charge in [-0.05, 0) is 30.8 Å². The van der Waals surface area contributed by atoms with Crippen molar-refractivity contribution in [2.24, 2.45) is 5.92 Å². The molecule has 1 aliphatic rings. The van der Waals surface area contributed by atoms with Gasteiger partial charge < -0.3 is 10.2 Å². The van der Waals surface area contributed by atoms with Crippen molar-refractivity contribution in [3.63, 3.8) is 0 Å². The lowest BCUT2D eigenvalue weighted by Crippen LogP contribution is -2.40. The SMILES string of the molecule is O=C(CCN1CCC[C@@H](C(=O)c2cccs2)C1)Nc1nccs1. The maximum absolute atomic E-state index is 12.5. The van der Waals surface area contributed by atoms with E-state index in [0.29, 0.717) is 18.1 Å². The van der Waals surface area contributed by atoms with Crippen LogP contribution in [0.1, 0.15) is 28.9 Å². The first-order valence-electron chi connectivity index (χ1n) is 7.72. The summed E-state index contributed by atoms with van der Waals surface area (Å²) in [6.07, 6.45) is 4.06. The Labute approximate surface area is 143 Å². The summed E-state index contributed by atoms with van der Waals surface area (Å²) in [6, 6.07) is 3.81. The Morgan fingerprint density at radius 3 is 3.00 bits per heavy atom. The third-order valence-electron chi connectivity index (χ3n) is 3.97. The molecule has 0 radical (unpaired) electrons. The Kier molecular flexibility index (Phi) is 5.53. The van der Waals surface area contributed by atoms with Crippen molar-refractivity contribution >= 4 is 39.5 Å². The monoisotopic (exact) mass is 349 g/mol. The topological polar surface area (TPSA) is 62.3 Å². The van der Waals surface area contributed by atoms with Gasteiger partial charge in [-0.15, -0.1) is 22.7 Å². The Morgan fingerprint density at radius 2 is 2.26 bits per heavy atom. The number of nitrogens with one attached hydrogen (secondary N) is 1. The van der Waals surface area contributed by atoms with Gasteiger partial charge in [-0.1, -0.05) is 6.07 Å². The molecule has 3 heterocycles. The first-order valence-corrected chi connectivity index (χ1v) is 9.48. The van der Waals surface area contributed by atoms with Crippen LogP contribution in [0.2, 0.25) is 0 Å². The van der Waals surface area contributed by atoms with Gasteiger partial charge in [0.1, 0.15) is 0 Å². The summed E-state index contributed by atoms with van der Waals surface area (Å²) >= 11 is 2.92. The van der Waals surface area contributed by atoms with Crippen molar-refractivity contribution in [1.29, 1.82) is 0 Å². The average molecular weight is 349 g/mol. The van der Waals surface area contributed by atoms with E-state index in [4.69, 9.17) is 0 Å². The number of Topliss-reactive ketones (excluding diaryl/α,β-unsaturated/α-hetero) is 1. The molecule has 1 atom stereocenters. The van der Waals surface area contributed by atoms with E-state index < -0.39 is 0 Å². The Morgan fingerprint density at radius 1 is 1.35 bits per heavy atom. The van der Waals surface area contributed by atoms with Gasteiger partial charge in [-0.3, -0.25) is 9.59 Å². The predicted molar refractivity (Wildman–Crippen MR) is 93.2 cm³/mol. The third kappa shape index (κ3) is 4.46. The van der Waals surface area contributed by atoms with E-state index >= 15 is 0 Å². The van der Waals surface area contributed by atoms with Gasteiger partial charge in [0.25, 0.3) is 0 Å². The zero-order chi connectivity index (χ0) is 16.1. The molecule has 0 aliphatic carbocycles. The molecule has 3 rings (SSSR count). The first kappa shape index (κ1) is 16.3. The lowest BCUT2D eigenvalue weighted by Gasteiger charge is -2.31. The second-order valence-corrected chi connectivity index (χ2v) is 7.46. The van der Waals surface area contributed by atoms with E-state index in [1.807, 2.05) is 22.9 Å². The summed E-state index contributed by atoms with van der Waals surface area (Å²) in [5.41, 5.74) is 0. The second kappa shape index (κ2) is 7.81. The van der Waals surface area contributed by atoms with Gasteiger partial charge in [-0.2, -0.15) is 0 Å². The van der Waals surface area contributed by atoms with Crippen molar-refractivity contribution in [1.82, 2.24) is 9.88 Å². The highest BCUT2D eigenvalue weighted by molar-refractivity contribution is 7.13. The molecule has 23 heavy (non-hydrogen) atoms. The molecule has 0 saturated carbocycles. The summed E-state index contributed by atoms with van der Waals surface area (Å²) in [5, 5.41) is 7.21. The number of rotatable bonds is 6. The van der Waals surface area contributed by atoms with Crippen LogP contribution in [-0.4, -0.2) is 41.2 Å². The molecule has 0 aromatic carbocycles. The zero-order valence-corrected chi connectivity index (χ0v) is 14.4. The molecule has 5 nitrogen and oxygen atoms in total. The number of aromatic nitrogens is 1. The number of hydrogen-bond donors (Lipinski definition) is 1. The van der Waals surface area contributed by atoms with E-state index in [-0.39, 0.29) is 17.6 Å². The lowest BCUT2D eigenvalue weighted by atomic mass is 9.93. The normalized spacial score (nSPS) is 18.7. The standard InChI is InChI=1S/C16H19N3O2S2/c20-14(18-16-17-6-10-23-16)5-8-19-7-1-3-12(11-19)15(21)13-4-2-9-22-13/h2,4,6,9-10,12H,1,3,5,7-8,11H2,(H,17,18,20)/t12-/m1/s1. The Balaban J connectivity index is 1.47. The molecule has 0 unspecified atom stereocenters. The number of carbonyl (C=O) groups excluding carboxylic acids is 2. The number of hydrogen-bond acceptors (Lipinski definition) is 6. The van der Waals surface area contributed by atoms with Gasteiger partial charge in [-0.25, -0.2) is 4.98 Å². The van der Waals surface area contributed by atoms with Crippen molar-refractivity contribution in [3.8, 4) is 0 Å². The number of likely N-dealkylation sites (tertiary alicyclic amines) is 1. The quantitative estimate of drug-likeness (QED) is 0.814. The first-order chi connectivity index (χ1) is 11.2. The molecule has 1 aliphatic heterocycles. The highest BCUT2D eigenvalue weighted by atomic mass is 32.1. The molecule has 1 fully saturated rings. The van der Waals surface area contributed by atoms with E-state index in [0.717, 1.165) is 30.8 Å². The van der Waals surface area contributed by atoms with Crippen LogP contribution in [0.4, 0.5) is 5.13 Å². The smallest absolute Gasteiger partial charge is 0.227 e. The summed E-state index contributed by atoms with van der Waals surface area (Å²) in [5.74, 6) is 0.285. The molecule has 122 valence electrons. The number of thiophene rings is 1. The highest BCUT2D eigenvalue weighted by Gasteiger charge is 2.27. The van der Waals surface area contributed by atoms with Crippen molar-refractivity contribution in [3.05, 3.63) is 34.0 Å². The summed E-state index contributed by atoms with van der Waals surface area (Å²) in [7, 11) is 0. The molecule has 1 amide bonds. The summed E-state index contributed by atoms with van der Waals surface area (Å²) < 4.78 is 0. The van der Waals surface area contributed by atoms with Crippen LogP contribution in [0, 0.1) is 5.92 Å². The van der Waals surface area contributed by atoms with E-state index in [1.165, 1.54) is 22.7 Å². The highest BCUT2D eigenvalue weighted by Crippen LogP contribution is 2.23. The van der Waals surface area contributed by atoms with Crippen LogP contribution in [0.25, 0.3) is 0 Å². The lowest BCUT2D eigenvalue weighted by molar-refractivity contribution is -0.116. The molecule has 2 aromatic rings. The van der Waals surface area contributed by atoms with Crippen molar-refractivity contribution in [2.45, 2.75) is 19.3 Å². The van der Waals surface area contributed by atoms with Gasteiger partial charge in [0.05, 0.1) is 4.88 Å². The number of nitrogens with zero attached hydrogens (tertiary/aromatic N) is 2. The number of amides is 1. The Hall–Kier alpha value is -1.57. The van der Waals surface area contributed by atoms with Crippen molar-refractivity contribution < 1.29 is 9.59 Å². The summed E-state index contributed by atoms with van der Waals surface area (Å²) in [6.45, 7) is 2.39. The average Bonchev–Trinajstić information content (AvgIpc) is 3.26. The van der Waals surface area contributed by atoms with Gasteiger partial charge in [0.15, 0.2) is 10.9 Å². The van der Waals surface area contributed by atoms with Gasteiger partial charge in [0, 0.05) is 37.0 Å². The van der Waals surface area contributed by atoms with Crippen LogP contribution < -0.4 is 5.32 Å². The van der Waals surface area contributed by atoms with Crippen LogP contribution >= 0.6 is 22.7 Å². The summed E-state index contributed by atoms with van der Waals surface area (Å²) in [4.78, 5) is 31.5. The van der Waals surface area contributed by atoms with Gasteiger partial charge >= 0.3 is 0 Å². The molecule has 1 N–H and O–H groups in total. The van der Waals surface area contributed by atoms with Crippen LogP contribution in [0.3, 0.4) is 0 Å². The third-order valence-corrected chi connectivity index (χ3v) is 5.55. The molecular formula is C16H19N3O2S2. The maximum Gasteiger partial charge on any atom is 0.227 e. The number of piperidine rings is 1. The molecule has 0 spiro atoms. The molecule has 0 bridgehead atoms. The Bertz CT molecular complexity index is 640. The largest absolute Gasteiger partial charge is 0.302 e. The molecular weight excluding hydrogens is 330 g/mol. The van der Waals surface area contributed by atoms with E-state index in [2.05, 4.69) is 15.2 Å². The fourth-order valence-electron chi connectivity index (χ4n) is 2.82. The molecule has 2 aromatic heterocycles. The van der Waals surface area contributed by atoms with Crippen LogP contribution in [0.15, 0.2) is 29.1 Å².